The molecule has 3 fully saturated rings. The van der Waals surface area contributed by atoms with Crippen LogP contribution in [0.5, 0.6) is 0 Å². The van der Waals surface area contributed by atoms with Crippen molar-refractivity contribution in [3.63, 3.8) is 0 Å². The van der Waals surface area contributed by atoms with E-state index in [1.54, 1.807) is 17.0 Å². The van der Waals surface area contributed by atoms with Crippen LogP contribution in [0.4, 0.5) is 20.6 Å². The van der Waals surface area contributed by atoms with E-state index in [0.29, 0.717) is 63.6 Å². The number of halogens is 1. The molecule has 186 valence electrons. The van der Waals surface area contributed by atoms with Gasteiger partial charge < -0.3 is 24.6 Å². The molecule has 35 heavy (non-hydrogen) atoms. The molecule has 1 N–H and O–H groups in total. The lowest BCUT2D eigenvalue weighted by Crippen LogP contribution is -2.42. The van der Waals surface area contributed by atoms with Crippen molar-refractivity contribution in [3.8, 4) is 6.07 Å². The zero-order valence-corrected chi connectivity index (χ0v) is 19.6. The number of anilines is 2. The first kappa shape index (κ1) is 24.5. The van der Waals surface area contributed by atoms with Gasteiger partial charge in [-0.15, -0.1) is 0 Å². The fourth-order valence-electron chi connectivity index (χ4n) is 4.49. The summed E-state index contributed by atoms with van der Waals surface area (Å²) in [6.07, 6.45) is -0.113. The summed E-state index contributed by atoms with van der Waals surface area (Å²) in [6.45, 7) is 4.60. The van der Waals surface area contributed by atoms with Crippen LogP contribution in [0.3, 0.4) is 0 Å². The molecule has 3 heterocycles. The number of cyclic esters (lactones) is 1. The van der Waals surface area contributed by atoms with Crippen LogP contribution < -0.4 is 15.1 Å². The summed E-state index contributed by atoms with van der Waals surface area (Å²) in [5.74, 6) is -0.955. The minimum absolute atomic E-state index is 0.184. The second kappa shape index (κ2) is 10.7. The Morgan fingerprint density at radius 2 is 1.91 bits per heavy atom. The Kier molecular flexibility index (Phi) is 7.51. The number of hydrogen-bond donors (Lipinski definition) is 1. The van der Waals surface area contributed by atoms with E-state index in [0.717, 1.165) is 5.57 Å². The number of rotatable bonds is 5. The molecule has 11 heteroatoms. The Bertz CT molecular complexity index is 1070. The lowest BCUT2D eigenvalue weighted by molar-refractivity contribution is -0.130. The van der Waals surface area contributed by atoms with E-state index in [4.69, 9.17) is 9.47 Å². The Labute approximate surface area is 202 Å². The average Bonchev–Trinajstić information content (AvgIpc) is 3.24. The third-order valence-electron chi connectivity index (χ3n) is 6.38. The minimum Gasteiger partial charge on any atom is -0.442 e. The highest BCUT2D eigenvalue weighted by molar-refractivity contribution is 5.98. The monoisotopic (exact) mass is 485 g/mol. The first-order valence-electron chi connectivity index (χ1n) is 11.6. The van der Waals surface area contributed by atoms with E-state index in [9.17, 15) is 19.6 Å². The predicted molar refractivity (Wildman–Crippen MR) is 124 cm³/mol. The van der Waals surface area contributed by atoms with Crippen LogP contribution in [0.25, 0.3) is 0 Å². The maximum Gasteiger partial charge on any atom is 0.414 e. The van der Waals surface area contributed by atoms with E-state index >= 15 is 4.39 Å². The Hall–Kier alpha value is -3.65. The highest BCUT2D eigenvalue weighted by atomic mass is 19.1. The van der Waals surface area contributed by atoms with E-state index in [1.165, 1.54) is 17.9 Å². The maximum absolute atomic E-state index is 15.0. The second-order valence-corrected chi connectivity index (χ2v) is 8.67. The van der Waals surface area contributed by atoms with E-state index in [1.807, 2.05) is 4.90 Å². The molecule has 1 aromatic rings. The molecule has 3 saturated heterocycles. The van der Waals surface area contributed by atoms with Crippen molar-refractivity contribution in [2.24, 2.45) is 0 Å². The Balaban J connectivity index is 1.40. The summed E-state index contributed by atoms with van der Waals surface area (Å²) in [7, 11) is 0. The molecule has 3 aliphatic heterocycles. The summed E-state index contributed by atoms with van der Waals surface area (Å²) < 4.78 is 25.6. The van der Waals surface area contributed by atoms with Gasteiger partial charge in [0.15, 0.2) is 0 Å². The molecule has 10 nitrogen and oxygen atoms in total. The van der Waals surface area contributed by atoms with Gasteiger partial charge in [0, 0.05) is 33.1 Å². The van der Waals surface area contributed by atoms with Gasteiger partial charge in [0.2, 0.25) is 5.91 Å². The number of nitrogens with zero attached hydrogens (tertiary/aromatic N) is 4. The molecular weight excluding hydrogens is 457 g/mol. The molecular formula is C24H28FN5O5. The highest BCUT2D eigenvalue weighted by Gasteiger charge is 2.33. The second-order valence-electron chi connectivity index (χ2n) is 8.67. The topological polar surface area (TPSA) is 115 Å². The third-order valence-corrected chi connectivity index (χ3v) is 6.38. The predicted octanol–water partition coefficient (Wildman–Crippen LogP) is 1.57. The summed E-state index contributed by atoms with van der Waals surface area (Å²) in [5, 5.41) is 12.2. The van der Waals surface area contributed by atoms with Gasteiger partial charge in [-0.25, -0.2) is 9.18 Å². The quantitative estimate of drug-likeness (QED) is 0.497. The van der Waals surface area contributed by atoms with Crippen molar-refractivity contribution in [1.82, 2.24) is 10.2 Å². The Morgan fingerprint density at radius 1 is 1.20 bits per heavy atom. The largest absolute Gasteiger partial charge is 0.442 e. The number of benzene rings is 1. The highest BCUT2D eigenvalue weighted by Crippen LogP contribution is 2.31. The first-order chi connectivity index (χ1) is 16.9. The fraction of sp³-hybridized carbons (Fsp3) is 0.500. The average molecular weight is 486 g/mol. The van der Waals surface area contributed by atoms with Crippen LogP contribution in [0.2, 0.25) is 0 Å². The summed E-state index contributed by atoms with van der Waals surface area (Å²) in [4.78, 5) is 40.9. The molecule has 1 atom stereocenters. The number of hydrogen-bond acceptors (Lipinski definition) is 7. The molecule has 0 spiro atoms. The zero-order chi connectivity index (χ0) is 24.9. The number of ether oxygens (including phenoxy) is 2. The third kappa shape index (κ3) is 5.54. The van der Waals surface area contributed by atoms with E-state index in [-0.39, 0.29) is 30.5 Å². The van der Waals surface area contributed by atoms with Crippen molar-refractivity contribution in [2.45, 2.75) is 25.9 Å². The van der Waals surface area contributed by atoms with Gasteiger partial charge in [-0.05, 0) is 36.6 Å². The van der Waals surface area contributed by atoms with Gasteiger partial charge in [-0.1, -0.05) is 0 Å². The maximum atomic E-state index is 15.0. The molecule has 3 amide bonds. The molecule has 1 unspecified atom stereocenters. The summed E-state index contributed by atoms with van der Waals surface area (Å²) in [5.41, 5.74) is 1.75. The smallest absolute Gasteiger partial charge is 0.414 e. The number of nitrogens with one attached hydrogen (secondary N) is 1. The number of piperidine rings is 1. The molecule has 4 rings (SSSR count). The lowest BCUT2D eigenvalue weighted by Gasteiger charge is -2.32. The molecule has 0 aliphatic carbocycles. The molecule has 1 aromatic carbocycles. The zero-order valence-electron chi connectivity index (χ0n) is 19.6. The van der Waals surface area contributed by atoms with Crippen LogP contribution in [-0.2, 0) is 19.1 Å². The fourth-order valence-corrected chi connectivity index (χ4v) is 4.49. The van der Waals surface area contributed by atoms with Crippen molar-refractivity contribution in [3.05, 3.63) is 35.2 Å². The Morgan fingerprint density at radius 3 is 2.54 bits per heavy atom. The van der Waals surface area contributed by atoms with Crippen molar-refractivity contribution < 1.29 is 28.2 Å². The minimum atomic E-state index is -0.589. The van der Waals surface area contributed by atoms with Gasteiger partial charge >= 0.3 is 6.09 Å². The van der Waals surface area contributed by atoms with E-state index in [2.05, 4.69) is 11.4 Å². The van der Waals surface area contributed by atoms with Crippen molar-refractivity contribution in [1.29, 1.82) is 5.26 Å². The summed E-state index contributed by atoms with van der Waals surface area (Å²) >= 11 is 0. The van der Waals surface area contributed by atoms with Gasteiger partial charge in [0.05, 0.1) is 37.7 Å². The molecule has 0 radical (unpaired) electrons. The lowest BCUT2D eigenvalue weighted by atomic mass is 9.97. The van der Waals surface area contributed by atoms with Crippen LogP contribution in [0, 0.1) is 17.1 Å². The molecule has 0 bridgehead atoms. The number of carbonyl (C=O) groups excluding carboxylic acids is 3. The van der Waals surface area contributed by atoms with Gasteiger partial charge in [0.25, 0.3) is 5.91 Å². The number of amides is 3. The van der Waals surface area contributed by atoms with Gasteiger partial charge in [-0.3, -0.25) is 14.5 Å². The molecule has 0 saturated carbocycles. The molecule has 0 aromatic heterocycles. The van der Waals surface area contributed by atoms with Crippen LogP contribution in [0.1, 0.15) is 19.8 Å². The van der Waals surface area contributed by atoms with Crippen LogP contribution in [-0.4, -0.2) is 81.4 Å². The standard InChI is InChI=1S/C24H28FN5O5/c1-16(31)27-14-19-15-30(24(33)35-19)18-2-3-22(21(25)12-18)28-6-4-17(5-7-28)20(13-26)23(32)29-8-10-34-11-9-29/h2-3,12,19H,4-11,14-15H2,1H3,(H,27,31). The van der Waals surface area contributed by atoms with Crippen LogP contribution >= 0.6 is 0 Å². The number of carbonyl (C=O) groups is 3. The van der Waals surface area contributed by atoms with Crippen molar-refractivity contribution >= 4 is 29.3 Å². The number of morpholine rings is 1. The number of nitriles is 1. The van der Waals surface area contributed by atoms with E-state index < -0.39 is 18.0 Å². The molecule has 3 aliphatic rings. The first-order valence-corrected chi connectivity index (χ1v) is 11.6. The van der Waals surface area contributed by atoms with Gasteiger partial charge in [-0.2, -0.15) is 5.26 Å². The SMILES string of the molecule is CC(=O)NCC1CN(c2ccc(N3CCC(=C(C#N)C(=O)N4CCOCC4)CC3)c(F)c2)C(=O)O1. The van der Waals surface area contributed by atoms with Crippen LogP contribution in [0.15, 0.2) is 29.3 Å². The summed E-state index contributed by atoms with van der Waals surface area (Å²) in [6, 6.07) is 6.66. The van der Waals surface area contributed by atoms with Crippen molar-refractivity contribution in [2.75, 3.05) is 62.3 Å². The van der Waals surface area contributed by atoms with Gasteiger partial charge in [0.1, 0.15) is 23.6 Å². The normalized spacial score (nSPS) is 20.4.